The van der Waals surface area contributed by atoms with Crippen molar-refractivity contribution in [2.45, 2.75) is 33.2 Å². The fraction of sp³-hybridized carbons (Fsp3) is 0.467. The molecule has 0 atom stereocenters. The molecule has 1 aromatic rings. The molecule has 0 spiro atoms. The van der Waals surface area contributed by atoms with Gasteiger partial charge in [0.2, 0.25) is 5.91 Å². The number of benzene rings is 1. The van der Waals surface area contributed by atoms with E-state index in [0.717, 1.165) is 22.4 Å². The molecular weight excluding hydrogens is 258 g/mol. The predicted octanol–water partition coefficient (Wildman–Crippen LogP) is 1.88. The maximum absolute atomic E-state index is 11.6. The van der Waals surface area contributed by atoms with Gasteiger partial charge in [-0.2, -0.15) is 0 Å². The summed E-state index contributed by atoms with van der Waals surface area (Å²) in [6.45, 7) is 4.40. The van der Waals surface area contributed by atoms with Crippen LogP contribution < -0.4 is 10.1 Å². The van der Waals surface area contributed by atoms with Gasteiger partial charge < -0.3 is 14.8 Å². The van der Waals surface area contributed by atoms with Crippen LogP contribution in [0.4, 0.5) is 0 Å². The van der Waals surface area contributed by atoms with Crippen molar-refractivity contribution in [2.75, 3.05) is 14.2 Å². The van der Waals surface area contributed by atoms with Gasteiger partial charge in [0.05, 0.1) is 20.6 Å². The summed E-state index contributed by atoms with van der Waals surface area (Å²) in [6, 6.07) is 3.94. The van der Waals surface area contributed by atoms with Crippen molar-refractivity contribution in [2.24, 2.45) is 0 Å². The third kappa shape index (κ3) is 4.57. The molecule has 0 bridgehead atoms. The van der Waals surface area contributed by atoms with E-state index in [0.29, 0.717) is 6.54 Å². The van der Waals surface area contributed by atoms with Gasteiger partial charge in [0.1, 0.15) is 5.75 Å². The fourth-order valence-corrected chi connectivity index (χ4v) is 1.78. The lowest BCUT2D eigenvalue weighted by Crippen LogP contribution is -2.23. The lowest BCUT2D eigenvalue weighted by Gasteiger charge is -2.12. The van der Waals surface area contributed by atoms with E-state index in [1.165, 1.54) is 7.11 Å². The van der Waals surface area contributed by atoms with Crippen molar-refractivity contribution < 1.29 is 19.1 Å². The first-order valence-corrected chi connectivity index (χ1v) is 6.45. The quantitative estimate of drug-likeness (QED) is 0.808. The second kappa shape index (κ2) is 7.53. The van der Waals surface area contributed by atoms with Crippen molar-refractivity contribution >= 4 is 11.9 Å². The number of methoxy groups -OCH3 is 2. The first-order chi connectivity index (χ1) is 9.47. The number of ether oxygens (including phenoxy) is 2. The van der Waals surface area contributed by atoms with Gasteiger partial charge in [-0.1, -0.05) is 6.07 Å². The Morgan fingerprint density at radius 1 is 1.10 bits per heavy atom. The third-order valence-electron chi connectivity index (χ3n) is 3.16. The summed E-state index contributed by atoms with van der Waals surface area (Å²) in [7, 11) is 2.91. The number of carbonyl (C=O) groups excluding carboxylic acids is 2. The van der Waals surface area contributed by atoms with Crippen LogP contribution in [0.1, 0.15) is 29.5 Å². The number of aryl methyl sites for hydroxylation is 2. The minimum atomic E-state index is -0.385. The summed E-state index contributed by atoms with van der Waals surface area (Å²) in [6.07, 6.45) is 0.215. The van der Waals surface area contributed by atoms with Gasteiger partial charge in [-0.3, -0.25) is 9.59 Å². The van der Waals surface area contributed by atoms with E-state index in [1.54, 1.807) is 7.11 Å². The largest absolute Gasteiger partial charge is 0.496 e. The Kier molecular flexibility index (Phi) is 6.03. The molecule has 0 saturated carbocycles. The average molecular weight is 279 g/mol. The highest BCUT2D eigenvalue weighted by atomic mass is 16.5. The molecule has 20 heavy (non-hydrogen) atoms. The third-order valence-corrected chi connectivity index (χ3v) is 3.16. The molecular formula is C15H21NO4. The summed E-state index contributed by atoms with van der Waals surface area (Å²) in [5.41, 5.74) is 3.20. The molecule has 1 rings (SSSR count). The zero-order valence-corrected chi connectivity index (χ0v) is 12.4. The number of carbonyl (C=O) groups is 2. The lowest BCUT2D eigenvalue weighted by molar-refractivity contribution is -0.142. The molecule has 0 saturated heterocycles. The first kappa shape index (κ1) is 16.0. The monoisotopic (exact) mass is 279 g/mol. The molecule has 0 aromatic heterocycles. The number of hydrogen-bond acceptors (Lipinski definition) is 4. The van der Waals surface area contributed by atoms with Crippen molar-refractivity contribution in [1.82, 2.24) is 5.32 Å². The van der Waals surface area contributed by atoms with Crippen LogP contribution in [0.3, 0.4) is 0 Å². The highest BCUT2D eigenvalue weighted by Crippen LogP contribution is 2.22. The van der Waals surface area contributed by atoms with E-state index >= 15 is 0 Å². The van der Waals surface area contributed by atoms with Gasteiger partial charge in [-0.15, -0.1) is 0 Å². The van der Waals surface area contributed by atoms with Gasteiger partial charge in [0.15, 0.2) is 0 Å². The Balaban J connectivity index is 2.59. The molecule has 0 aliphatic heterocycles. The second-order valence-corrected chi connectivity index (χ2v) is 4.60. The Morgan fingerprint density at radius 2 is 1.75 bits per heavy atom. The summed E-state index contributed by atoms with van der Waals surface area (Å²) >= 11 is 0. The Morgan fingerprint density at radius 3 is 2.35 bits per heavy atom. The molecule has 5 heteroatoms. The van der Waals surface area contributed by atoms with Crippen molar-refractivity contribution in [3.63, 3.8) is 0 Å². The van der Waals surface area contributed by atoms with Crippen molar-refractivity contribution in [3.05, 3.63) is 28.8 Å². The van der Waals surface area contributed by atoms with Crippen LogP contribution >= 0.6 is 0 Å². The molecule has 5 nitrogen and oxygen atoms in total. The number of rotatable bonds is 6. The van der Waals surface area contributed by atoms with Gasteiger partial charge >= 0.3 is 5.97 Å². The van der Waals surface area contributed by atoms with Crippen LogP contribution in [-0.4, -0.2) is 26.1 Å². The first-order valence-electron chi connectivity index (χ1n) is 6.45. The Hall–Kier alpha value is -2.04. The van der Waals surface area contributed by atoms with E-state index in [4.69, 9.17) is 4.74 Å². The topological polar surface area (TPSA) is 64.6 Å². The Bertz CT molecular complexity index is 497. The standard InChI is InChI=1S/C15H21NO4/c1-10-7-12(13(19-3)8-11(10)2)9-16-14(17)5-6-15(18)20-4/h7-8H,5-6,9H2,1-4H3,(H,16,17). The number of esters is 1. The summed E-state index contributed by atoms with van der Waals surface area (Å²) in [5, 5.41) is 2.77. The number of hydrogen-bond donors (Lipinski definition) is 1. The van der Waals surface area contributed by atoms with E-state index in [1.807, 2.05) is 26.0 Å². The summed E-state index contributed by atoms with van der Waals surface area (Å²) in [5.74, 6) is 0.181. The van der Waals surface area contributed by atoms with Gasteiger partial charge in [-0.05, 0) is 31.0 Å². The normalized spacial score (nSPS) is 10.0. The maximum Gasteiger partial charge on any atom is 0.306 e. The van der Waals surface area contributed by atoms with E-state index in [2.05, 4.69) is 10.1 Å². The molecule has 0 fully saturated rings. The molecule has 0 aliphatic carbocycles. The second-order valence-electron chi connectivity index (χ2n) is 4.60. The maximum atomic E-state index is 11.6. The van der Waals surface area contributed by atoms with E-state index in [-0.39, 0.29) is 24.7 Å². The van der Waals surface area contributed by atoms with Gasteiger partial charge in [-0.25, -0.2) is 0 Å². The predicted molar refractivity (Wildman–Crippen MR) is 75.6 cm³/mol. The average Bonchev–Trinajstić information content (AvgIpc) is 2.45. The minimum absolute atomic E-state index is 0.0897. The smallest absolute Gasteiger partial charge is 0.306 e. The summed E-state index contributed by atoms with van der Waals surface area (Å²) in [4.78, 5) is 22.6. The van der Waals surface area contributed by atoms with Crippen LogP contribution in [0.5, 0.6) is 5.75 Å². The number of amides is 1. The Labute approximate surface area is 119 Å². The van der Waals surface area contributed by atoms with Crippen LogP contribution in [-0.2, 0) is 20.9 Å². The molecule has 1 N–H and O–H groups in total. The molecule has 0 unspecified atom stereocenters. The molecule has 1 aromatic carbocycles. The van der Waals surface area contributed by atoms with E-state index in [9.17, 15) is 9.59 Å². The zero-order chi connectivity index (χ0) is 15.1. The summed E-state index contributed by atoms with van der Waals surface area (Å²) < 4.78 is 9.79. The highest BCUT2D eigenvalue weighted by molar-refractivity contribution is 5.81. The SMILES string of the molecule is COC(=O)CCC(=O)NCc1cc(C)c(C)cc1OC. The highest BCUT2D eigenvalue weighted by Gasteiger charge is 2.09. The van der Waals surface area contributed by atoms with Crippen LogP contribution in [0.2, 0.25) is 0 Å². The fourth-order valence-electron chi connectivity index (χ4n) is 1.78. The molecule has 1 amide bonds. The van der Waals surface area contributed by atoms with E-state index < -0.39 is 0 Å². The van der Waals surface area contributed by atoms with Crippen molar-refractivity contribution in [1.29, 1.82) is 0 Å². The molecule has 0 radical (unpaired) electrons. The van der Waals surface area contributed by atoms with Gasteiger partial charge in [0.25, 0.3) is 0 Å². The lowest BCUT2D eigenvalue weighted by atomic mass is 10.0. The van der Waals surface area contributed by atoms with Crippen LogP contribution in [0.25, 0.3) is 0 Å². The number of nitrogens with one attached hydrogen (secondary N) is 1. The van der Waals surface area contributed by atoms with Gasteiger partial charge in [0, 0.05) is 18.5 Å². The van der Waals surface area contributed by atoms with Crippen LogP contribution in [0.15, 0.2) is 12.1 Å². The van der Waals surface area contributed by atoms with Crippen LogP contribution in [0, 0.1) is 13.8 Å². The molecule has 110 valence electrons. The molecule has 0 aliphatic rings. The molecule has 0 heterocycles. The van der Waals surface area contributed by atoms with Crippen molar-refractivity contribution in [3.8, 4) is 5.75 Å². The zero-order valence-electron chi connectivity index (χ0n) is 12.4. The minimum Gasteiger partial charge on any atom is -0.496 e.